The molecular weight excluding hydrogens is 240 g/mol. The summed E-state index contributed by atoms with van der Waals surface area (Å²) in [4.78, 5) is 2.35. The molecule has 2 atom stereocenters. The third kappa shape index (κ3) is 5.03. The van der Waals surface area contributed by atoms with Gasteiger partial charge in [-0.1, -0.05) is 19.3 Å². The summed E-state index contributed by atoms with van der Waals surface area (Å²) in [5.74, 6) is 0.575. The Bertz CT molecular complexity index is 230. The van der Waals surface area contributed by atoms with Gasteiger partial charge in [0.2, 0.25) is 0 Å². The zero-order valence-electron chi connectivity index (χ0n) is 12.1. The number of nitrogens with zero attached hydrogens (tertiary/aromatic N) is 1. The summed E-state index contributed by atoms with van der Waals surface area (Å²) in [7, 11) is 0. The Balaban J connectivity index is 1.82. The number of hydrogen-bond donors (Lipinski definition) is 3. The Morgan fingerprint density at radius 3 is 2.42 bits per heavy atom. The maximum Gasteiger partial charge on any atom is 0.0558 e. The smallest absolute Gasteiger partial charge is 0.0558 e. The molecule has 1 heterocycles. The van der Waals surface area contributed by atoms with Crippen molar-refractivity contribution in [3.8, 4) is 0 Å². The number of hydrogen-bond acceptors (Lipinski definition) is 4. The molecule has 0 aromatic heterocycles. The molecule has 0 aromatic rings. The SMILES string of the molecule is OCCC1CC(NC2CCCCC2)CN(CCO)C1. The van der Waals surface area contributed by atoms with Gasteiger partial charge >= 0.3 is 0 Å². The summed E-state index contributed by atoms with van der Waals surface area (Å²) in [5.41, 5.74) is 0. The van der Waals surface area contributed by atoms with Gasteiger partial charge in [0.25, 0.3) is 0 Å². The second-order valence-electron chi connectivity index (χ2n) is 6.30. The minimum Gasteiger partial charge on any atom is -0.396 e. The summed E-state index contributed by atoms with van der Waals surface area (Å²) in [6, 6.07) is 1.24. The molecule has 112 valence electrons. The van der Waals surface area contributed by atoms with Crippen LogP contribution in [0.3, 0.4) is 0 Å². The molecule has 1 saturated carbocycles. The summed E-state index contributed by atoms with van der Waals surface area (Å²) >= 11 is 0. The van der Waals surface area contributed by atoms with Crippen LogP contribution in [0.4, 0.5) is 0 Å². The Hall–Kier alpha value is -0.160. The normalized spacial score (nSPS) is 30.6. The van der Waals surface area contributed by atoms with Crippen LogP contribution in [0, 0.1) is 5.92 Å². The van der Waals surface area contributed by atoms with Gasteiger partial charge in [-0.15, -0.1) is 0 Å². The molecule has 2 rings (SSSR count). The molecule has 2 fully saturated rings. The van der Waals surface area contributed by atoms with E-state index in [0.29, 0.717) is 18.0 Å². The lowest BCUT2D eigenvalue weighted by atomic mass is 9.89. The van der Waals surface area contributed by atoms with E-state index < -0.39 is 0 Å². The lowest BCUT2D eigenvalue weighted by Gasteiger charge is -2.40. The molecule has 2 aliphatic rings. The molecule has 0 spiro atoms. The van der Waals surface area contributed by atoms with Gasteiger partial charge < -0.3 is 15.5 Å². The van der Waals surface area contributed by atoms with Gasteiger partial charge in [-0.3, -0.25) is 4.90 Å². The largest absolute Gasteiger partial charge is 0.396 e. The van der Waals surface area contributed by atoms with E-state index in [-0.39, 0.29) is 13.2 Å². The second-order valence-corrected chi connectivity index (χ2v) is 6.30. The van der Waals surface area contributed by atoms with Crippen LogP contribution >= 0.6 is 0 Å². The van der Waals surface area contributed by atoms with E-state index >= 15 is 0 Å². The third-order valence-corrected chi connectivity index (χ3v) is 4.64. The Labute approximate surface area is 117 Å². The molecule has 1 aliphatic heterocycles. The minimum atomic E-state index is 0.238. The molecule has 1 aliphatic carbocycles. The van der Waals surface area contributed by atoms with E-state index in [0.717, 1.165) is 26.1 Å². The highest BCUT2D eigenvalue weighted by molar-refractivity contribution is 4.86. The van der Waals surface area contributed by atoms with Crippen molar-refractivity contribution < 1.29 is 10.2 Å². The van der Waals surface area contributed by atoms with E-state index in [1.54, 1.807) is 0 Å². The van der Waals surface area contributed by atoms with Crippen LogP contribution in [0.5, 0.6) is 0 Å². The summed E-state index contributed by atoms with van der Waals surface area (Å²) < 4.78 is 0. The Kier molecular flexibility index (Phi) is 6.57. The predicted molar refractivity (Wildman–Crippen MR) is 77.1 cm³/mol. The summed E-state index contributed by atoms with van der Waals surface area (Å²) in [6.45, 7) is 3.38. The van der Waals surface area contributed by atoms with Crippen molar-refractivity contribution in [1.29, 1.82) is 0 Å². The van der Waals surface area contributed by atoms with Crippen LogP contribution in [-0.2, 0) is 0 Å². The first kappa shape index (κ1) is 15.2. The molecular formula is C15H30N2O2. The quantitative estimate of drug-likeness (QED) is 0.673. The van der Waals surface area contributed by atoms with Gasteiger partial charge in [-0.05, 0) is 31.6 Å². The van der Waals surface area contributed by atoms with Gasteiger partial charge in [0.1, 0.15) is 0 Å². The molecule has 0 radical (unpaired) electrons. The average Bonchev–Trinajstić information content (AvgIpc) is 2.40. The fraction of sp³-hybridized carbons (Fsp3) is 1.00. The highest BCUT2D eigenvalue weighted by Gasteiger charge is 2.28. The number of nitrogens with one attached hydrogen (secondary N) is 1. The minimum absolute atomic E-state index is 0.238. The number of rotatable bonds is 6. The van der Waals surface area contributed by atoms with Crippen LogP contribution in [0.25, 0.3) is 0 Å². The first-order valence-electron chi connectivity index (χ1n) is 8.02. The third-order valence-electron chi connectivity index (χ3n) is 4.64. The molecule has 1 saturated heterocycles. The first-order valence-corrected chi connectivity index (χ1v) is 8.02. The van der Waals surface area contributed by atoms with Crippen molar-refractivity contribution in [2.45, 2.75) is 57.0 Å². The number of aliphatic hydroxyl groups is 2. The molecule has 4 heteroatoms. The Morgan fingerprint density at radius 2 is 1.74 bits per heavy atom. The zero-order chi connectivity index (χ0) is 13.5. The van der Waals surface area contributed by atoms with Gasteiger partial charge in [0.05, 0.1) is 6.61 Å². The predicted octanol–water partition coefficient (Wildman–Crippen LogP) is 0.974. The zero-order valence-corrected chi connectivity index (χ0v) is 12.1. The van der Waals surface area contributed by atoms with Crippen LogP contribution in [0.2, 0.25) is 0 Å². The van der Waals surface area contributed by atoms with Gasteiger partial charge in [-0.25, -0.2) is 0 Å². The fourth-order valence-electron chi connectivity index (χ4n) is 3.74. The number of likely N-dealkylation sites (tertiary alicyclic amines) is 1. The molecule has 3 N–H and O–H groups in total. The van der Waals surface area contributed by atoms with E-state index in [4.69, 9.17) is 10.2 Å². The number of β-amino-alcohol motifs (C(OH)–C–C–N with tert-alkyl or cyclic N) is 1. The van der Waals surface area contributed by atoms with Crippen LogP contribution < -0.4 is 5.32 Å². The van der Waals surface area contributed by atoms with E-state index in [1.807, 2.05) is 0 Å². The van der Waals surface area contributed by atoms with Crippen molar-refractivity contribution in [2.24, 2.45) is 5.92 Å². The molecule has 0 aromatic carbocycles. The van der Waals surface area contributed by atoms with E-state index in [9.17, 15) is 0 Å². The highest BCUT2D eigenvalue weighted by Crippen LogP contribution is 2.23. The first-order chi connectivity index (χ1) is 9.31. The van der Waals surface area contributed by atoms with Gasteiger partial charge in [-0.2, -0.15) is 0 Å². The lowest BCUT2D eigenvalue weighted by Crippen LogP contribution is -2.52. The van der Waals surface area contributed by atoms with Crippen molar-refractivity contribution in [3.05, 3.63) is 0 Å². The maximum absolute atomic E-state index is 9.15. The molecule has 19 heavy (non-hydrogen) atoms. The average molecular weight is 270 g/mol. The monoisotopic (exact) mass is 270 g/mol. The maximum atomic E-state index is 9.15. The number of aliphatic hydroxyl groups excluding tert-OH is 2. The van der Waals surface area contributed by atoms with E-state index in [1.165, 1.54) is 38.5 Å². The number of piperidine rings is 1. The topological polar surface area (TPSA) is 55.7 Å². The van der Waals surface area contributed by atoms with Crippen LogP contribution in [0.1, 0.15) is 44.9 Å². The summed E-state index contributed by atoms with van der Waals surface area (Å²) in [6.07, 6.45) is 8.84. The van der Waals surface area contributed by atoms with Gasteiger partial charge in [0, 0.05) is 38.3 Å². The van der Waals surface area contributed by atoms with Gasteiger partial charge in [0.15, 0.2) is 0 Å². The fourth-order valence-corrected chi connectivity index (χ4v) is 3.74. The Morgan fingerprint density at radius 1 is 0.947 bits per heavy atom. The summed E-state index contributed by atoms with van der Waals surface area (Å²) in [5, 5.41) is 22.1. The standard InChI is InChI=1S/C15H30N2O2/c18-8-6-13-10-15(12-17(11-13)7-9-19)16-14-4-2-1-3-5-14/h13-16,18-19H,1-12H2. The molecule has 0 amide bonds. The van der Waals surface area contributed by atoms with Crippen molar-refractivity contribution in [1.82, 2.24) is 10.2 Å². The molecule has 2 unspecified atom stereocenters. The molecule has 4 nitrogen and oxygen atoms in total. The highest BCUT2D eigenvalue weighted by atomic mass is 16.3. The second kappa shape index (κ2) is 8.20. The van der Waals surface area contributed by atoms with E-state index in [2.05, 4.69) is 10.2 Å². The lowest BCUT2D eigenvalue weighted by molar-refractivity contribution is 0.0959. The molecule has 0 bridgehead atoms. The van der Waals surface area contributed by atoms with Crippen LogP contribution in [-0.4, -0.2) is 60.0 Å². The van der Waals surface area contributed by atoms with Crippen molar-refractivity contribution in [3.63, 3.8) is 0 Å². The van der Waals surface area contributed by atoms with Crippen LogP contribution in [0.15, 0.2) is 0 Å². The van der Waals surface area contributed by atoms with Crippen molar-refractivity contribution in [2.75, 3.05) is 32.8 Å². The van der Waals surface area contributed by atoms with Crippen molar-refractivity contribution >= 4 is 0 Å².